The van der Waals surface area contributed by atoms with Crippen LogP contribution in [0.2, 0.25) is 0 Å². The topological polar surface area (TPSA) is 113 Å². The fourth-order valence-corrected chi connectivity index (χ4v) is 3.60. The number of hydrogen-bond donors (Lipinski definition) is 4. The van der Waals surface area contributed by atoms with Gasteiger partial charge in [-0.25, -0.2) is 17.9 Å². The number of amides is 2. The van der Waals surface area contributed by atoms with Gasteiger partial charge in [0, 0.05) is 25.3 Å². The van der Waals surface area contributed by atoms with Crippen LogP contribution in [-0.2, 0) is 10.0 Å². The molecular weight excluding hydrogens is 292 g/mol. The molecule has 0 heterocycles. The number of nitrogens with one attached hydrogen (secondary N) is 3. The second kappa shape index (κ2) is 7.28. The van der Waals surface area contributed by atoms with Crippen molar-refractivity contribution in [1.29, 1.82) is 0 Å². The number of hydrogen-bond acceptors (Lipinski definition) is 4. The lowest BCUT2D eigenvalue weighted by atomic mass is 10.1. The van der Waals surface area contributed by atoms with Gasteiger partial charge in [0.25, 0.3) is 0 Å². The first-order valence-corrected chi connectivity index (χ1v) is 8.14. The van der Waals surface area contributed by atoms with Crippen LogP contribution in [0.15, 0.2) is 17.0 Å². The van der Waals surface area contributed by atoms with Gasteiger partial charge in [-0.1, -0.05) is 0 Å². The zero-order valence-corrected chi connectivity index (χ0v) is 13.3. The minimum atomic E-state index is -3.62. The summed E-state index contributed by atoms with van der Waals surface area (Å²) < 4.78 is 27.1. The Morgan fingerprint density at radius 1 is 1.19 bits per heavy atom. The van der Waals surface area contributed by atoms with Gasteiger partial charge in [-0.2, -0.15) is 0 Å². The highest BCUT2D eigenvalue weighted by Crippen LogP contribution is 2.24. The third-order valence-electron chi connectivity index (χ3n) is 2.83. The minimum absolute atomic E-state index is 0.0825. The van der Waals surface area contributed by atoms with E-state index in [0.717, 1.165) is 12.2 Å². The molecule has 0 fully saturated rings. The summed E-state index contributed by atoms with van der Waals surface area (Å²) in [6.07, 6.45) is 0. The SMILES string of the molecule is CCNc1cc(C)c(S(=O)(=O)NCCNC(N)=O)c(C)c1. The van der Waals surface area contributed by atoms with E-state index in [9.17, 15) is 13.2 Å². The molecule has 1 aromatic rings. The van der Waals surface area contributed by atoms with Crippen LogP contribution in [0.3, 0.4) is 0 Å². The lowest BCUT2D eigenvalue weighted by Crippen LogP contribution is -2.37. The standard InChI is InChI=1S/C13H22N4O3S/c1-4-15-11-7-9(2)12(10(3)8-11)21(19,20)17-6-5-16-13(14)18/h7-8,15,17H,4-6H2,1-3H3,(H3,14,16,18). The summed E-state index contributed by atoms with van der Waals surface area (Å²) in [5.74, 6) is 0. The van der Waals surface area contributed by atoms with E-state index in [2.05, 4.69) is 15.4 Å². The van der Waals surface area contributed by atoms with Crippen LogP contribution in [0.1, 0.15) is 18.1 Å². The molecule has 0 spiro atoms. The highest BCUT2D eigenvalue weighted by Gasteiger charge is 2.19. The van der Waals surface area contributed by atoms with Gasteiger partial charge in [-0.15, -0.1) is 0 Å². The molecule has 118 valence electrons. The van der Waals surface area contributed by atoms with Crippen LogP contribution in [0, 0.1) is 13.8 Å². The summed E-state index contributed by atoms with van der Waals surface area (Å²) in [4.78, 5) is 10.8. The van der Waals surface area contributed by atoms with Crippen molar-refractivity contribution in [3.05, 3.63) is 23.3 Å². The van der Waals surface area contributed by atoms with Crippen LogP contribution < -0.4 is 21.1 Å². The van der Waals surface area contributed by atoms with E-state index in [0.29, 0.717) is 11.1 Å². The molecule has 0 aliphatic carbocycles. The summed E-state index contributed by atoms with van der Waals surface area (Å²) in [5, 5.41) is 5.48. The zero-order valence-electron chi connectivity index (χ0n) is 12.5. The van der Waals surface area contributed by atoms with E-state index in [1.807, 2.05) is 6.92 Å². The van der Waals surface area contributed by atoms with Crippen molar-refractivity contribution < 1.29 is 13.2 Å². The molecule has 0 saturated heterocycles. The fourth-order valence-electron chi connectivity index (χ4n) is 2.12. The molecule has 2 amide bonds. The molecule has 0 saturated carbocycles. The third kappa shape index (κ3) is 4.91. The molecule has 8 heteroatoms. The number of rotatable bonds is 7. The van der Waals surface area contributed by atoms with E-state index in [4.69, 9.17) is 5.73 Å². The molecular formula is C13H22N4O3S. The highest BCUT2D eigenvalue weighted by atomic mass is 32.2. The van der Waals surface area contributed by atoms with Crippen molar-refractivity contribution in [1.82, 2.24) is 10.0 Å². The number of carbonyl (C=O) groups excluding carboxylic acids is 1. The summed E-state index contributed by atoms with van der Waals surface area (Å²) in [6.45, 7) is 6.47. The molecule has 7 nitrogen and oxygen atoms in total. The van der Waals surface area contributed by atoms with Crippen molar-refractivity contribution in [3.63, 3.8) is 0 Å². The monoisotopic (exact) mass is 314 g/mol. The molecule has 1 aromatic carbocycles. The molecule has 1 rings (SSSR count). The Kier molecular flexibility index (Phi) is 5.98. The number of primary amides is 1. The number of nitrogens with two attached hydrogens (primary N) is 1. The van der Waals surface area contributed by atoms with E-state index in [1.165, 1.54) is 0 Å². The predicted molar refractivity (Wildman–Crippen MR) is 82.9 cm³/mol. The predicted octanol–water partition coefficient (Wildman–Crippen LogP) is 0.682. The van der Waals surface area contributed by atoms with Gasteiger partial charge in [-0.3, -0.25) is 0 Å². The Morgan fingerprint density at radius 2 is 1.76 bits per heavy atom. The molecule has 0 aromatic heterocycles. The number of urea groups is 1. The maximum atomic E-state index is 12.3. The second-order valence-electron chi connectivity index (χ2n) is 4.66. The Morgan fingerprint density at radius 3 is 2.24 bits per heavy atom. The smallest absolute Gasteiger partial charge is 0.312 e. The summed E-state index contributed by atoms with van der Waals surface area (Å²) >= 11 is 0. The molecule has 5 N–H and O–H groups in total. The van der Waals surface area contributed by atoms with Crippen molar-refractivity contribution in [2.75, 3.05) is 25.0 Å². The highest BCUT2D eigenvalue weighted by molar-refractivity contribution is 7.89. The Hall–Kier alpha value is -1.80. The van der Waals surface area contributed by atoms with Gasteiger partial charge in [0.2, 0.25) is 10.0 Å². The van der Waals surface area contributed by atoms with Crippen LogP contribution in [-0.4, -0.2) is 34.1 Å². The first-order chi connectivity index (χ1) is 9.77. The van der Waals surface area contributed by atoms with Crippen molar-refractivity contribution in [2.24, 2.45) is 5.73 Å². The number of benzene rings is 1. The normalized spacial score (nSPS) is 11.2. The average molecular weight is 314 g/mol. The fraction of sp³-hybridized carbons (Fsp3) is 0.462. The van der Waals surface area contributed by atoms with Crippen LogP contribution in [0.25, 0.3) is 0 Å². The molecule has 0 atom stereocenters. The summed E-state index contributed by atoms with van der Waals surface area (Å²) in [7, 11) is -3.62. The molecule has 0 radical (unpaired) electrons. The van der Waals surface area contributed by atoms with E-state index in [1.54, 1.807) is 26.0 Å². The number of anilines is 1. The summed E-state index contributed by atoms with van der Waals surface area (Å²) in [6, 6.07) is 2.91. The largest absolute Gasteiger partial charge is 0.385 e. The molecule has 21 heavy (non-hydrogen) atoms. The number of carbonyl (C=O) groups is 1. The Bertz CT molecular complexity index is 591. The molecule has 0 bridgehead atoms. The van der Waals surface area contributed by atoms with Gasteiger partial charge in [0.05, 0.1) is 4.90 Å². The summed E-state index contributed by atoms with van der Waals surface area (Å²) in [5.41, 5.74) is 7.14. The Labute approximate surface area is 125 Å². The van der Waals surface area contributed by atoms with Crippen molar-refractivity contribution >= 4 is 21.7 Å². The maximum absolute atomic E-state index is 12.3. The lowest BCUT2D eigenvalue weighted by molar-refractivity contribution is 0.249. The van der Waals surface area contributed by atoms with Gasteiger partial charge < -0.3 is 16.4 Å². The maximum Gasteiger partial charge on any atom is 0.312 e. The van der Waals surface area contributed by atoms with Crippen molar-refractivity contribution in [3.8, 4) is 0 Å². The van der Waals surface area contributed by atoms with Gasteiger partial charge >= 0.3 is 6.03 Å². The molecule has 0 unspecified atom stereocenters. The van der Waals surface area contributed by atoms with Gasteiger partial charge in [0.15, 0.2) is 0 Å². The Balaban J connectivity index is 2.90. The van der Waals surface area contributed by atoms with E-state index in [-0.39, 0.29) is 18.0 Å². The van der Waals surface area contributed by atoms with Crippen LogP contribution in [0.5, 0.6) is 0 Å². The first kappa shape index (κ1) is 17.3. The number of aryl methyl sites for hydroxylation is 2. The minimum Gasteiger partial charge on any atom is -0.385 e. The zero-order chi connectivity index (χ0) is 16.0. The van der Waals surface area contributed by atoms with E-state index >= 15 is 0 Å². The van der Waals surface area contributed by atoms with Crippen LogP contribution >= 0.6 is 0 Å². The van der Waals surface area contributed by atoms with E-state index < -0.39 is 16.1 Å². The van der Waals surface area contributed by atoms with Crippen LogP contribution in [0.4, 0.5) is 10.5 Å². The number of sulfonamides is 1. The molecule has 0 aliphatic heterocycles. The second-order valence-corrected chi connectivity index (χ2v) is 6.36. The van der Waals surface area contributed by atoms with Gasteiger partial charge in [0.1, 0.15) is 0 Å². The van der Waals surface area contributed by atoms with Crippen molar-refractivity contribution in [2.45, 2.75) is 25.7 Å². The van der Waals surface area contributed by atoms with Gasteiger partial charge in [-0.05, 0) is 44.0 Å². The third-order valence-corrected chi connectivity index (χ3v) is 4.59. The quantitative estimate of drug-likeness (QED) is 0.554. The first-order valence-electron chi connectivity index (χ1n) is 6.66. The average Bonchev–Trinajstić information content (AvgIpc) is 2.33. The lowest BCUT2D eigenvalue weighted by Gasteiger charge is -2.14. The molecule has 0 aliphatic rings.